The van der Waals surface area contributed by atoms with Crippen LogP contribution in [0, 0.1) is 0 Å². The Hall–Kier alpha value is -1.72. The molecule has 100 valence electrons. The molecule has 1 aromatic rings. The summed E-state index contributed by atoms with van der Waals surface area (Å²) in [6.45, 7) is 0.0698. The van der Waals surface area contributed by atoms with E-state index in [2.05, 4.69) is 0 Å². The molecule has 0 aromatic heterocycles. The van der Waals surface area contributed by atoms with Gasteiger partial charge in [0, 0.05) is 6.42 Å². The monoisotopic (exact) mass is 262 g/mol. The molecule has 0 radical (unpaired) electrons. The van der Waals surface area contributed by atoms with Crippen LogP contribution in [0.4, 0.5) is 13.2 Å². The third-order valence-corrected chi connectivity index (χ3v) is 2.24. The van der Waals surface area contributed by atoms with E-state index in [0.29, 0.717) is 12.8 Å². The van der Waals surface area contributed by atoms with E-state index in [-0.39, 0.29) is 18.8 Å². The fourth-order valence-corrected chi connectivity index (χ4v) is 1.39. The van der Waals surface area contributed by atoms with Crippen molar-refractivity contribution >= 4 is 5.97 Å². The molecule has 0 aliphatic rings. The minimum absolute atomic E-state index is 0.00965. The van der Waals surface area contributed by atoms with E-state index in [4.69, 9.17) is 9.84 Å². The van der Waals surface area contributed by atoms with Crippen molar-refractivity contribution in [3.63, 3.8) is 0 Å². The maximum atomic E-state index is 12.6. The van der Waals surface area contributed by atoms with Crippen molar-refractivity contribution in [1.29, 1.82) is 0 Å². The Morgan fingerprint density at radius 3 is 2.50 bits per heavy atom. The molecule has 0 saturated heterocycles. The number of unbranched alkanes of at least 4 members (excludes halogenated alkanes) is 1. The lowest BCUT2D eigenvalue weighted by Crippen LogP contribution is -2.09. The molecule has 0 aliphatic carbocycles. The summed E-state index contributed by atoms with van der Waals surface area (Å²) in [6, 6.07) is 4.95. The summed E-state index contributed by atoms with van der Waals surface area (Å²) in [7, 11) is 0. The molecule has 0 fully saturated rings. The summed E-state index contributed by atoms with van der Waals surface area (Å²) >= 11 is 0. The van der Waals surface area contributed by atoms with Crippen LogP contribution in [0.3, 0.4) is 0 Å². The number of alkyl halides is 3. The molecule has 18 heavy (non-hydrogen) atoms. The van der Waals surface area contributed by atoms with Crippen LogP contribution >= 0.6 is 0 Å². The van der Waals surface area contributed by atoms with Gasteiger partial charge in [0.25, 0.3) is 0 Å². The highest BCUT2D eigenvalue weighted by Crippen LogP contribution is 2.35. The van der Waals surface area contributed by atoms with Gasteiger partial charge in [0.1, 0.15) is 5.75 Å². The fraction of sp³-hybridized carbons (Fsp3) is 0.417. The van der Waals surface area contributed by atoms with E-state index >= 15 is 0 Å². The summed E-state index contributed by atoms with van der Waals surface area (Å²) in [5.41, 5.74) is -0.816. The second kappa shape index (κ2) is 6.28. The van der Waals surface area contributed by atoms with Gasteiger partial charge >= 0.3 is 12.1 Å². The van der Waals surface area contributed by atoms with Gasteiger partial charge in [0.2, 0.25) is 0 Å². The molecule has 3 nitrogen and oxygen atoms in total. The van der Waals surface area contributed by atoms with Crippen molar-refractivity contribution in [3.05, 3.63) is 29.8 Å². The molecule has 0 bridgehead atoms. The van der Waals surface area contributed by atoms with Crippen LogP contribution in [-0.4, -0.2) is 17.7 Å². The largest absolute Gasteiger partial charge is 0.493 e. The van der Waals surface area contributed by atoms with Crippen molar-refractivity contribution in [2.45, 2.75) is 25.4 Å². The zero-order chi connectivity index (χ0) is 13.6. The van der Waals surface area contributed by atoms with Crippen molar-refractivity contribution in [2.24, 2.45) is 0 Å². The number of halogens is 3. The number of carboxylic acid groups (broad SMARTS) is 1. The van der Waals surface area contributed by atoms with E-state index in [9.17, 15) is 18.0 Å². The Morgan fingerprint density at radius 2 is 1.89 bits per heavy atom. The predicted octanol–water partition coefficient (Wildman–Crippen LogP) is 3.34. The van der Waals surface area contributed by atoms with Gasteiger partial charge in [-0.15, -0.1) is 0 Å². The molecule has 0 spiro atoms. The van der Waals surface area contributed by atoms with E-state index in [1.807, 2.05) is 0 Å². The number of hydrogen-bond acceptors (Lipinski definition) is 2. The van der Waals surface area contributed by atoms with Gasteiger partial charge in [0.05, 0.1) is 12.2 Å². The Morgan fingerprint density at radius 1 is 1.22 bits per heavy atom. The van der Waals surface area contributed by atoms with Crippen LogP contribution in [0.5, 0.6) is 5.75 Å². The molecule has 0 unspecified atom stereocenters. The number of carbonyl (C=O) groups is 1. The normalized spacial score (nSPS) is 11.3. The van der Waals surface area contributed by atoms with Crippen LogP contribution < -0.4 is 4.74 Å². The second-order valence-corrected chi connectivity index (χ2v) is 3.69. The molecule has 6 heteroatoms. The quantitative estimate of drug-likeness (QED) is 0.800. The minimum atomic E-state index is -4.45. The molecule has 1 rings (SSSR count). The average molecular weight is 262 g/mol. The molecule has 0 saturated carbocycles. The standard InChI is InChI=1S/C12H13F3O3/c13-12(14,15)9-5-1-2-6-10(9)18-8-4-3-7-11(16)17/h1-2,5-6H,3-4,7-8H2,(H,16,17). The van der Waals surface area contributed by atoms with Gasteiger partial charge in [-0.25, -0.2) is 0 Å². The van der Waals surface area contributed by atoms with Crippen molar-refractivity contribution in [3.8, 4) is 5.75 Å². The van der Waals surface area contributed by atoms with E-state index in [1.54, 1.807) is 0 Å². The number of ether oxygens (including phenoxy) is 1. The molecule has 0 atom stereocenters. The Kier molecular flexibility index (Phi) is 5.00. The maximum absolute atomic E-state index is 12.6. The zero-order valence-corrected chi connectivity index (χ0v) is 9.54. The van der Waals surface area contributed by atoms with Gasteiger partial charge in [-0.3, -0.25) is 4.79 Å². The third-order valence-electron chi connectivity index (χ3n) is 2.24. The van der Waals surface area contributed by atoms with Crippen molar-refractivity contribution in [2.75, 3.05) is 6.61 Å². The number of para-hydroxylation sites is 1. The first-order valence-corrected chi connectivity index (χ1v) is 5.42. The molecule has 0 heterocycles. The molecular formula is C12H13F3O3. The van der Waals surface area contributed by atoms with Gasteiger partial charge in [-0.05, 0) is 25.0 Å². The van der Waals surface area contributed by atoms with E-state index < -0.39 is 17.7 Å². The minimum Gasteiger partial charge on any atom is -0.493 e. The summed E-state index contributed by atoms with van der Waals surface area (Å²) in [4.78, 5) is 10.2. The highest BCUT2D eigenvalue weighted by Gasteiger charge is 2.33. The van der Waals surface area contributed by atoms with Crippen LogP contribution in [0.15, 0.2) is 24.3 Å². The van der Waals surface area contributed by atoms with Gasteiger partial charge < -0.3 is 9.84 Å². The Bertz CT molecular complexity index is 402. The highest BCUT2D eigenvalue weighted by atomic mass is 19.4. The lowest BCUT2D eigenvalue weighted by Gasteiger charge is -2.13. The first-order chi connectivity index (χ1) is 8.41. The lowest BCUT2D eigenvalue weighted by atomic mass is 10.2. The molecular weight excluding hydrogens is 249 g/mol. The second-order valence-electron chi connectivity index (χ2n) is 3.69. The number of aliphatic carboxylic acids is 1. The number of carboxylic acids is 1. The van der Waals surface area contributed by atoms with Crippen LogP contribution in [0.25, 0.3) is 0 Å². The number of rotatable bonds is 6. The van der Waals surface area contributed by atoms with Gasteiger partial charge in [0.15, 0.2) is 0 Å². The summed E-state index contributed by atoms with van der Waals surface area (Å²) in [5.74, 6) is -1.15. The van der Waals surface area contributed by atoms with Gasteiger partial charge in [-0.1, -0.05) is 12.1 Å². The van der Waals surface area contributed by atoms with Crippen LogP contribution in [-0.2, 0) is 11.0 Å². The third kappa shape index (κ3) is 4.65. The average Bonchev–Trinajstić information content (AvgIpc) is 2.27. The van der Waals surface area contributed by atoms with Gasteiger partial charge in [-0.2, -0.15) is 13.2 Å². The van der Waals surface area contributed by atoms with E-state index in [1.165, 1.54) is 18.2 Å². The molecule has 0 amide bonds. The fourth-order valence-electron chi connectivity index (χ4n) is 1.39. The van der Waals surface area contributed by atoms with Crippen molar-refractivity contribution < 1.29 is 27.8 Å². The van der Waals surface area contributed by atoms with E-state index in [0.717, 1.165) is 6.07 Å². The molecule has 0 aliphatic heterocycles. The summed E-state index contributed by atoms with van der Waals surface area (Å²) in [6.07, 6.45) is -3.68. The topological polar surface area (TPSA) is 46.5 Å². The number of hydrogen-bond donors (Lipinski definition) is 1. The van der Waals surface area contributed by atoms with Crippen LogP contribution in [0.1, 0.15) is 24.8 Å². The summed E-state index contributed by atoms with van der Waals surface area (Å²) in [5, 5.41) is 8.39. The summed E-state index contributed by atoms with van der Waals surface area (Å²) < 4.78 is 42.7. The smallest absolute Gasteiger partial charge is 0.419 e. The zero-order valence-electron chi connectivity index (χ0n) is 9.54. The SMILES string of the molecule is O=C(O)CCCCOc1ccccc1C(F)(F)F. The first kappa shape index (κ1) is 14.3. The lowest BCUT2D eigenvalue weighted by molar-refractivity contribution is -0.139. The highest BCUT2D eigenvalue weighted by molar-refractivity contribution is 5.66. The molecule has 1 N–H and O–H groups in total. The number of benzene rings is 1. The predicted molar refractivity (Wildman–Crippen MR) is 58.4 cm³/mol. The molecule has 1 aromatic carbocycles. The Labute approximate surface area is 102 Å². The van der Waals surface area contributed by atoms with Crippen molar-refractivity contribution in [1.82, 2.24) is 0 Å². The maximum Gasteiger partial charge on any atom is 0.419 e. The van der Waals surface area contributed by atoms with Crippen LogP contribution in [0.2, 0.25) is 0 Å². The Balaban J connectivity index is 2.50. The first-order valence-electron chi connectivity index (χ1n) is 5.42.